The predicted molar refractivity (Wildman–Crippen MR) is 224 cm³/mol. The third-order valence-corrected chi connectivity index (χ3v) is 12.9. The molecule has 5 saturated heterocycles. The number of likely N-dealkylation sites (N-methyl/N-ethyl adjacent to an activating group) is 1. The number of aryl methyl sites for hydroxylation is 1. The van der Waals surface area contributed by atoms with Gasteiger partial charge >= 0.3 is 12.1 Å². The molecule has 0 spiro atoms. The van der Waals surface area contributed by atoms with Crippen LogP contribution in [0.1, 0.15) is 78.0 Å². The van der Waals surface area contributed by atoms with Crippen LogP contribution in [-0.4, -0.2) is 137 Å². The summed E-state index contributed by atoms with van der Waals surface area (Å²) in [5.74, 6) is 0.562. The Morgan fingerprint density at radius 3 is 2.41 bits per heavy atom. The second-order valence-corrected chi connectivity index (χ2v) is 16.7. The highest BCUT2D eigenvalue weighted by Gasteiger charge is 2.35. The minimum Gasteiger partial charge on any atom is -0.392 e. The van der Waals surface area contributed by atoms with Crippen LogP contribution in [0, 0.1) is 12.8 Å². The first kappa shape index (κ1) is 40.2. The summed E-state index contributed by atoms with van der Waals surface area (Å²) in [4.78, 5) is 66.2. The first-order valence-electron chi connectivity index (χ1n) is 21.1. The number of piperidine rings is 3. The van der Waals surface area contributed by atoms with Crippen LogP contribution in [0.2, 0.25) is 0 Å². The number of anilines is 5. The molecule has 5 N–H and O–H groups in total. The standard InChI is InChI=1S/C42H56N12O5/c1-27-22-32(6-8-35(27)54-19-13-36(56)45-41(54)58)51-17-9-28(10-18-51)24-50-15-11-29(12-16-50)30-5-7-34(31(23-30)26-55)44-39-37(38(43)57)47-48-40(46-39)52-14-3-4-33(25-52)53-21-20-49(2)42(53)59/h5-8,22-23,28-29,33,55H,3-4,9-21,24-26H2,1-2H3,(H2,43,57)(H,44,46,48)(H,45,56,58). The Balaban J connectivity index is 0.844. The number of amides is 6. The topological polar surface area (TPSA) is 197 Å². The minimum atomic E-state index is -0.757. The number of hydrogen-bond donors (Lipinski definition) is 4. The number of aliphatic hydroxyl groups excluding tert-OH is 1. The van der Waals surface area contributed by atoms with Gasteiger partial charge in [0.05, 0.1) is 12.6 Å². The number of urea groups is 2. The fraction of sp³-hybridized carbons (Fsp3) is 0.548. The Bertz CT molecular complexity index is 2070. The van der Waals surface area contributed by atoms with E-state index in [2.05, 4.69) is 48.8 Å². The molecule has 0 radical (unpaired) electrons. The molecule has 6 amide bonds. The number of rotatable bonds is 11. The number of carbonyl (C=O) groups excluding carboxylic acids is 4. The number of benzene rings is 2. The lowest BCUT2D eigenvalue weighted by Gasteiger charge is -2.39. The Morgan fingerprint density at radius 1 is 0.915 bits per heavy atom. The Labute approximate surface area is 344 Å². The van der Waals surface area contributed by atoms with Crippen LogP contribution < -0.4 is 31.1 Å². The van der Waals surface area contributed by atoms with Crippen molar-refractivity contribution < 1.29 is 24.3 Å². The molecule has 6 heterocycles. The Kier molecular flexibility index (Phi) is 11.8. The van der Waals surface area contributed by atoms with Crippen LogP contribution in [0.15, 0.2) is 36.4 Å². The highest BCUT2D eigenvalue weighted by molar-refractivity contribution is 6.06. The van der Waals surface area contributed by atoms with Gasteiger partial charge in [0.15, 0.2) is 11.5 Å². The second kappa shape index (κ2) is 17.4. The van der Waals surface area contributed by atoms with Crippen molar-refractivity contribution in [1.82, 2.24) is 35.2 Å². The molecular weight excluding hydrogens is 753 g/mol. The molecular formula is C42H56N12O5. The summed E-state index contributed by atoms with van der Waals surface area (Å²) in [7, 11) is 1.82. The Morgan fingerprint density at radius 2 is 1.71 bits per heavy atom. The van der Waals surface area contributed by atoms with Gasteiger partial charge in [0.25, 0.3) is 5.91 Å². The van der Waals surface area contributed by atoms with Crippen molar-refractivity contribution in [2.24, 2.45) is 11.7 Å². The summed E-state index contributed by atoms with van der Waals surface area (Å²) in [5, 5.41) is 24.6. The lowest BCUT2D eigenvalue weighted by Crippen LogP contribution is -2.49. The maximum atomic E-state index is 12.7. The molecule has 1 unspecified atom stereocenters. The van der Waals surface area contributed by atoms with E-state index in [1.54, 1.807) is 9.80 Å². The summed E-state index contributed by atoms with van der Waals surface area (Å²) in [5.41, 5.74) is 11.2. The number of primary amides is 1. The van der Waals surface area contributed by atoms with E-state index in [-0.39, 0.29) is 42.1 Å². The highest BCUT2D eigenvalue weighted by Crippen LogP contribution is 2.34. The third-order valence-electron chi connectivity index (χ3n) is 12.9. The first-order chi connectivity index (χ1) is 28.5. The van der Waals surface area contributed by atoms with Crippen molar-refractivity contribution in [1.29, 1.82) is 0 Å². The van der Waals surface area contributed by atoms with E-state index in [1.165, 1.54) is 11.3 Å². The quantitative estimate of drug-likeness (QED) is 0.221. The molecule has 0 saturated carbocycles. The van der Waals surface area contributed by atoms with Crippen LogP contribution in [-0.2, 0) is 11.4 Å². The van der Waals surface area contributed by atoms with Crippen LogP contribution in [0.4, 0.5) is 38.4 Å². The van der Waals surface area contributed by atoms with Crippen molar-refractivity contribution in [3.8, 4) is 0 Å². The van der Waals surface area contributed by atoms with Gasteiger partial charge in [-0.25, -0.2) is 9.59 Å². The molecule has 3 aromatic rings. The van der Waals surface area contributed by atoms with Gasteiger partial charge in [-0.3, -0.25) is 19.8 Å². The van der Waals surface area contributed by atoms with Gasteiger partial charge in [-0.1, -0.05) is 12.1 Å². The van der Waals surface area contributed by atoms with Crippen molar-refractivity contribution in [2.45, 2.75) is 70.4 Å². The molecule has 314 valence electrons. The smallest absolute Gasteiger partial charge is 0.328 e. The van der Waals surface area contributed by atoms with E-state index < -0.39 is 5.91 Å². The summed E-state index contributed by atoms with van der Waals surface area (Å²) < 4.78 is 0. The third kappa shape index (κ3) is 8.76. The minimum absolute atomic E-state index is 0.0323. The van der Waals surface area contributed by atoms with E-state index in [0.717, 1.165) is 82.5 Å². The molecule has 59 heavy (non-hydrogen) atoms. The maximum Gasteiger partial charge on any atom is 0.328 e. The summed E-state index contributed by atoms with van der Waals surface area (Å²) in [6.07, 6.45) is 6.39. The number of aromatic nitrogens is 3. The molecule has 0 bridgehead atoms. The van der Waals surface area contributed by atoms with Crippen LogP contribution in [0.3, 0.4) is 0 Å². The number of aliphatic hydroxyl groups is 1. The van der Waals surface area contributed by atoms with Gasteiger partial charge in [0.1, 0.15) is 0 Å². The summed E-state index contributed by atoms with van der Waals surface area (Å²) in [6, 6.07) is 12.0. The number of carbonyl (C=O) groups is 4. The molecule has 5 fully saturated rings. The van der Waals surface area contributed by atoms with Crippen LogP contribution >= 0.6 is 0 Å². The average Bonchev–Trinajstić information content (AvgIpc) is 3.58. The number of nitrogens with two attached hydrogens (primary N) is 1. The van der Waals surface area contributed by atoms with E-state index in [1.807, 2.05) is 42.0 Å². The van der Waals surface area contributed by atoms with Crippen molar-refractivity contribution in [2.75, 3.05) is 92.5 Å². The van der Waals surface area contributed by atoms with Crippen molar-refractivity contribution in [3.05, 3.63) is 58.8 Å². The summed E-state index contributed by atoms with van der Waals surface area (Å²) >= 11 is 0. The van der Waals surface area contributed by atoms with Gasteiger partial charge in [-0.05, 0) is 106 Å². The SMILES string of the molecule is Cc1cc(N2CCC(CN3CCC(c4ccc(Nc5nc(N6CCCC(N7CCN(C)C7=O)C6)nnc5C(N)=O)c(CO)c4)CC3)CC2)ccc1N1CCC(=O)NC1=O. The number of nitrogens with one attached hydrogen (secondary N) is 2. The van der Waals surface area contributed by atoms with Crippen LogP contribution in [0.5, 0.6) is 0 Å². The number of nitrogens with zero attached hydrogens (tertiary/aromatic N) is 9. The van der Waals surface area contributed by atoms with Gasteiger partial charge < -0.3 is 40.7 Å². The fourth-order valence-corrected chi connectivity index (χ4v) is 9.47. The zero-order valence-electron chi connectivity index (χ0n) is 34.1. The molecule has 1 aromatic heterocycles. The van der Waals surface area contributed by atoms with Crippen LogP contribution in [0.25, 0.3) is 0 Å². The second-order valence-electron chi connectivity index (χ2n) is 16.7. The lowest BCUT2D eigenvalue weighted by molar-refractivity contribution is -0.120. The fourth-order valence-electron chi connectivity index (χ4n) is 9.47. The zero-order valence-corrected chi connectivity index (χ0v) is 34.1. The lowest BCUT2D eigenvalue weighted by atomic mass is 9.87. The molecule has 17 heteroatoms. The van der Waals surface area contributed by atoms with Crippen molar-refractivity contribution >= 4 is 52.7 Å². The zero-order chi connectivity index (χ0) is 41.2. The molecule has 5 aliphatic heterocycles. The van der Waals surface area contributed by atoms with Gasteiger partial charge in [-0.2, -0.15) is 4.98 Å². The first-order valence-corrected chi connectivity index (χ1v) is 21.1. The molecule has 8 rings (SSSR count). The normalized spacial score (nSPS) is 21.4. The van der Waals surface area contributed by atoms with E-state index in [9.17, 15) is 24.3 Å². The van der Waals surface area contributed by atoms with E-state index in [0.29, 0.717) is 68.2 Å². The molecule has 17 nitrogen and oxygen atoms in total. The monoisotopic (exact) mass is 808 g/mol. The van der Waals surface area contributed by atoms with Gasteiger partial charge in [-0.15, -0.1) is 10.2 Å². The van der Waals surface area contributed by atoms with Gasteiger partial charge in [0.2, 0.25) is 11.9 Å². The highest BCUT2D eigenvalue weighted by atomic mass is 16.3. The summed E-state index contributed by atoms with van der Waals surface area (Å²) in [6.45, 7) is 10.0. The maximum absolute atomic E-state index is 12.7. The van der Waals surface area contributed by atoms with E-state index in [4.69, 9.17) is 10.7 Å². The van der Waals surface area contributed by atoms with E-state index >= 15 is 0 Å². The average molecular weight is 809 g/mol. The molecule has 0 aliphatic carbocycles. The molecule has 5 aliphatic rings. The Hall–Kier alpha value is -5.55. The van der Waals surface area contributed by atoms with Gasteiger partial charge in [0, 0.05) is 88.5 Å². The number of hydrogen-bond acceptors (Lipinski definition) is 12. The largest absolute Gasteiger partial charge is 0.392 e. The predicted octanol–water partition coefficient (Wildman–Crippen LogP) is 3.39. The number of imide groups is 1. The molecule has 2 aromatic carbocycles. The van der Waals surface area contributed by atoms with Crippen molar-refractivity contribution in [3.63, 3.8) is 0 Å². The number of likely N-dealkylation sites (tertiary alicyclic amines) is 1. The molecule has 1 atom stereocenters.